The van der Waals surface area contributed by atoms with Gasteiger partial charge in [-0.3, -0.25) is 4.79 Å². The van der Waals surface area contributed by atoms with Crippen molar-refractivity contribution >= 4 is 17.2 Å². The fraction of sp³-hybridized carbons (Fsp3) is 0.643. The summed E-state index contributed by atoms with van der Waals surface area (Å²) in [7, 11) is 0. The van der Waals surface area contributed by atoms with Crippen LogP contribution in [0.15, 0.2) is 17.5 Å². The van der Waals surface area contributed by atoms with E-state index in [0.717, 1.165) is 17.7 Å². The second-order valence-corrected chi connectivity index (χ2v) is 6.16. The molecular formula is C14H19NO3S. The number of thiophene rings is 1. The molecule has 1 saturated heterocycles. The van der Waals surface area contributed by atoms with E-state index in [9.17, 15) is 4.79 Å². The maximum atomic E-state index is 11.8. The Balaban J connectivity index is 1.48. The molecule has 1 aliphatic heterocycles. The molecule has 1 N–H and O–H groups in total. The Kier molecular flexibility index (Phi) is 3.86. The minimum Gasteiger partial charge on any atom is -0.349 e. The number of rotatable bonds is 3. The summed E-state index contributed by atoms with van der Waals surface area (Å²) in [4.78, 5) is 12.6. The third kappa shape index (κ3) is 2.99. The van der Waals surface area contributed by atoms with E-state index in [1.54, 1.807) is 0 Å². The summed E-state index contributed by atoms with van der Waals surface area (Å²) in [5.41, 5.74) is 0. The van der Waals surface area contributed by atoms with E-state index in [2.05, 4.69) is 5.32 Å². The van der Waals surface area contributed by atoms with E-state index in [1.165, 1.54) is 30.6 Å². The zero-order chi connectivity index (χ0) is 13.1. The van der Waals surface area contributed by atoms with Crippen LogP contribution in [-0.4, -0.2) is 30.9 Å². The van der Waals surface area contributed by atoms with Gasteiger partial charge < -0.3 is 14.8 Å². The highest BCUT2D eigenvalue weighted by Gasteiger charge is 2.42. The van der Waals surface area contributed by atoms with Gasteiger partial charge in [-0.25, -0.2) is 0 Å². The molecule has 1 aliphatic carbocycles. The van der Waals surface area contributed by atoms with Crippen molar-refractivity contribution in [3.63, 3.8) is 0 Å². The molecule has 1 aromatic rings. The fourth-order valence-corrected chi connectivity index (χ4v) is 3.41. The van der Waals surface area contributed by atoms with E-state index in [0.29, 0.717) is 13.2 Å². The Morgan fingerprint density at radius 3 is 3.00 bits per heavy atom. The lowest BCUT2D eigenvalue weighted by Gasteiger charge is -2.31. The van der Waals surface area contributed by atoms with Crippen LogP contribution in [0, 0.1) is 0 Å². The van der Waals surface area contributed by atoms with Gasteiger partial charge in [0.1, 0.15) is 6.10 Å². The minimum absolute atomic E-state index is 0.0120. The molecule has 2 aliphatic rings. The van der Waals surface area contributed by atoms with E-state index in [4.69, 9.17) is 9.47 Å². The van der Waals surface area contributed by atoms with Crippen LogP contribution in [0.1, 0.15) is 41.8 Å². The Morgan fingerprint density at radius 1 is 1.42 bits per heavy atom. The first-order chi connectivity index (χ1) is 9.27. The smallest absolute Gasteiger partial charge is 0.261 e. The predicted octanol–water partition coefficient (Wildman–Crippen LogP) is 2.55. The molecule has 4 nitrogen and oxygen atoms in total. The first-order valence-corrected chi connectivity index (χ1v) is 7.79. The number of hydrogen-bond donors (Lipinski definition) is 1. The molecular weight excluding hydrogens is 262 g/mol. The molecule has 104 valence electrons. The highest BCUT2D eigenvalue weighted by atomic mass is 32.1. The molecule has 2 heterocycles. The molecule has 19 heavy (non-hydrogen) atoms. The van der Waals surface area contributed by atoms with Crippen molar-refractivity contribution in [1.29, 1.82) is 0 Å². The first-order valence-electron chi connectivity index (χ1n) is 6.91. The summed E-state index contributed by atoms with van der Waals surface area (Å²) < 4.78 is 11.9. The number of carbonyl (C=O) groups is 1. The summed E-state index contributed by atoms with van der Waals surface area (Å²) in [5, 5.41) is 4.82. The van der Waals surface area contributed by atoms with Crippen LogP contribution in [0.4, 0.5) is 0 Å². The molecule has 5 heteroatoms. The SMILES string of the molecule is O=C(NC[C@H]1COC2(CCCCC2)O1)c1cccs1. The van der Waals surface area contributed by atoms with Crippen molar-refractivity contribution in [1.82, 2.24) is 5.32 Å². The van der Waals surface area contributed by atoms with E-state index in [1.807, 2.05) is 17.5 Å². The summed E-state index contributed by atoms with van der Waals surface area (Å²) >= 11 is 1.45. The van der Waals surface area contributed by atoms with Crippen molar-refractivity contribution in [2.45, 2.75) is 44.0 Å². The van der Waals surface area contributed by atoms with E-state index < -0.39 is 0 Å². The van der Waals surface area contributed by atoms with Crippen LogP contribution < -0.4 is 5.32 Å². The average molecular weight is 281 g/mol. The molecule has 0 bridgehead atoms. The van der Waals surface area contributed by atoms with Crippen LogP contribution in [0.3, 0.4) is 0 Å². The summed E-state index contributed by atoms with van der Waals surface area (Å²) in [6.45, 7) is 1.11. The highest BCUT2D eigenvalue weighted by Crippen LogP contribution is 2.37. The summed E-state index contributed by atoms with van der Waals surface area (Å²) in [6.07, 6.45) is 5.59. The Labute approximate surface area is 117 Å². The van der Waals surface area contributed by atoms with Gasteiger partial charge in [0.25, 0.3) is 5.91 Å². The van der Waals surface area contributed by atoms with Crippen molar-refractivity contribution in [2.24, 2.45) is 0 Å². The van der Waals surface area contributed by atoms with Crippen LogP contribution in [0.25, 0.3) is 0 Å². The fourth-order valence-electron chi connectivity index (χ4n) is 2.77. The maximum absolute atomic E-state index is 11.8. The second-order valence-electron chi connectivity index (χ2n) is 5.21. The predicted molar refractivity (Wildman–Crippen MR) is 73.3 cm³/mol. The molecule has 0 aromatic carbocycles. The van der Waals surface area contributed by atoms with Crippen molar-refractivity contribution in [3.8, 4) is 0 Å². The first kappa shape index (κ1) is 13.1. The van der Waals surface area contributed by atoms with Gasteiger partial charge >= 0.3 is 0 Å². The quantitative estimate of drug-likeness (QED) is 0.926. The Bertz CT molecular complexity index is 426. The average Bonchev–Trinajstić information content (AvgIpc) is 3.08. The lowest BCUT2D eigenvalue weighted by molar-refractivity contribution is -0.186. The standard InChI is InChI=1S/C14H19NO3S/c16-13(12-5-4-8-19-12)15-9-11-10-17-14(18-11)6-2-1-3-7-14/h4-5,8,11H,1-3,6-7,9-10H2,(H,15,16)/t11-/m0/s1. The molecule has 1 saturated carbocycles. The molecule has 1 aromatic heterocycles. The zero-order valence-corrected chi connectivity index (χ0v) is 11.7. The Morgan fingerprint density at radius 2 is 2.26 bits per heavy atom. The van der Waals surface area contributed by atoms with Crippen LogP contribution in [-0.2, 0) is 9.47 Å². The van der Waals surface area contributed by atoms with Gasteiger partial charge in [0.2, 0.25) is 0 Å². The number of nitrogens with one attached hydrogen (secondary N) is 1. The summed E-state index contributed by atoms with van der Waals surface area (Å²) in [5.74, 6) is -0.375. The molecule has 2 fully saturated rings. The van der Waals surface area contributed by atoms with Crippen molar-refractivity contribution in [3.05, 3.63) is 22.4 Å². The monoisotopic (exact) mass is 281 g/mol. The number of hydrogen-bond acceptors (Lipinski definition) is 4. The van der Waals surface area contributed by atoms with Gasteiger partial charge in [-0.15, -0.1) is 11.3 Å². The number of carbonyl (C=O) groups excluding carboxylic acids is 1. The third-order valence-electron chi connectivity index (χ3n) is 3.76. The van der Waals surface area contributed by atoms with Crippen molar-refractivity contribution < 1.29 is 14.3 Å². The largest absolute Gasteiger partial charge is 0.349 e. The van der Waals surface area contributed by atoms with Gasteiger partial charge in [0.05, 0.1) is 11.5 Å². The van der Waals surface area contributed by atoms with Gasteiger partial charge in [-0.2, -0.15) is 0 Å². The zero-order valence-electron chi connectivity index (χ0n) is 10.9. The summed E-state index contributed by atoms with van der Waals surface area (Å²) in [6, 6.07) is 3.71. The molecule has 0 unspecified atom stereocenters. The van der Waals surface area contributed by atoms with E-state index >= 15 is 0 Å². The number of ether oxygens (including phenoxy) is 2. The normalized spacial score (nSPS) is 25.6. The topological polar surface area (TPSA) is 47.6 Å². The van der Waals surface area contributed by atoms with Gasteiger partial charge in [-0.05, 0) is 24.3 Å². The molecule has 1 spiro atoms. The molecule has 1 atom stereocenters. The molecule has 3 rings (SSSR count). The van der Waals surface area contributed by atoms with Crippen molar-refractivity contribution in [2.75, 3.05) is 13.2 Å². The van der Waals surface area contributed by atoms with E-state index in [-0.39, 0.29) is 17.8 Å². The van der Waals surface area contributed by atoms with Crippen LogP contribution in [0.5, 0.6) is 0 Å². The van der Waals surface area contributed by atoms with Gasteiger partial charge in [-0.1, -0.05) is 12.5 Å². The maximum Gasteiger partial charge on any atom is 0.261 e. The highest BCUT2D eigenvalue weighted by molar-refractivity contribution is 7.12. The second kappa shape index (κ2) is 5.61. The van der Waals surface area contributed by atoms with Gasteiger partial charge in [0.15, 0.2) is 5.79 Å². The van der Waals surface area contributed by atoms with Crippen LogP contribution >= 0.6 is 11.3 Å². The lowest BCUT2D eigenvalue weighted by Crippen LogP contribution is -2.37. The Hall–Kier alpha value is -0.910. The molecule has 0 radical (unpaired) electrons. The molecule has 1 amide bonds. The van der Waals surface area contributed by atoms with Crippen LogP contribution in [0.2, 0.25) is 0 Å². The third-order valence-corrected chi connectivity index (χ3v) is 4.63. The lowest BCUT2D eigenvalue weighted by atomic mass is 9.94. The van der Waals surface area contributed by atoms with Gasteiger partial charge in [0, 0.05) is 19.4 Å². The minimum atomic E-state index is -0.351. The number of amides is 1.